The van der Waals surface area contributed by atoms with Crippen LogP contribution in [0.3, 0.4) is 0 Å². The fraction of sp³-hybridized carbons (Fsp3) is 0.863. The van der Waals surface area contributed by atoms with Crippen LogP contribution in [0.1, 0.15) is 188 Å². The minimum atomic E-state index is -3.20. The first-order chi connectivity index (χ1) is 60.8. The van der Waals surface area contributed by atoms with E-state index in [0.29, 0.717) is 77.0 Å². The molecule has 0 aliphatic carbocycles. The maximum absolute atomic E-state index is 17.3. The molecule has 45 nitrogen and oxygen atoms in total. The first-order valence-electron chi connectivity index (χ1n) is 44.2. The lowest BCUT2D eigenvalue weighted by molar-refractivity contribution is -0.270. The summed E-state index contributed by atoms with van der Waals surface area (Å²) >= 11 is 0. The third-order valence-electron chi connectivity index (χ3n) is 21.6. The molecule has 21 N–H and O–H groups in total. The van der Waals surface area contributed by atoms with Crippen molar-refractivity contribution in [2.45, 2.75) is 323 Å². The summed E-state index contributed by atoms with van der Waals surface area (Å²) in [5, 5.41) is 128. The van der Waals surface area contributed by atoms with Gasteiger partial charge in [0.15, 0.2) is 31.3 Å². The number of halogens is 1. The maximum atomic E-state index is 17.3. The van der Waals surface area contributed by atoms with Crippen LogP contribution >= 0.6 is 8.25 Å². The van der Waals surface area contributed by atoms with Crippen molar-refractivity contribution in [2.24, 2.45) is 0 Å². The summed E-state index contributed by atoms with van der Waals surface area (Å²) in [5.41, 5.74) is 0. The molecule has 0 aromatic rings. The van der Waals surface area contributed by atoms with Gasteiger partial charge in [-0.15, -0.1) is 0 Å². The summed E-state index contributed by atoms with van der Waals surface area (Å²) in [6.45, 7) is 1.55. The number of ether oxygens (including phenoxy) is 10. The number of carbonyl (C=O) groups is 11. The third-order valence-corrected chi connectivity index (χ3v) is 22.0. The summed E-state index contributed by atoms with van der Waals surface area (Å²) in [5.74, 6) is -4.58. The first-order valence-corrected chi connectivity index (χ1v) is 45.5. The van der Waals surface area contributed by atoms with Gasteiger partial charge in [0.2, 0.25) is 65.0 Å². The van der Waals surface area contributed by atoms with Crippen LogP contribution in [-0.2, 0) is 109 Å². The van der Waals surface area contributed by atoms with E-state index in [1.165, 1.54) is 25.7 Å². The molecule has 0 aromatic heterocycles. The van der Waals surface area contributed by atoms with Gasteiger partial charge in [-0.05, 0) is 77.0 Å². The van der Waals surface area contributed by atoms with Gasteiger partial charge in [-0.1, -0.05) is 38.5 Å². The summed E-state index contributed by atoms with van der Waals surface area (Å²) in [6.07, 6.45) is -15.9. The van der Waals surface area contributed by atoms with Gasteiger partial charge in [-0.3, -0.25) is 57.3 Å². The SMILES string of the molecule is CC(=O)N[C@H]1[C@H](OCCCCC(=O)NCCCNC(=O)CCOC[C@H]2O[C@@H](NC(=O)CCCCCCCCCCC(=O)N3C[C@H](O)C[C@H]3CO[PH](=O)O)[C@H](F)[C@@H](OCCC(=O)NCCCNC(=O)CCCCO[C@@H]3O[C@H](CO)[C@H](O)[C@H](O)[C@H]3NC(C)=O)[C@@H]2OCCC(=O)NCCCNC(=O)CCCCO[C@@H]2O[C@H](CO)[C@H](O)[C@H](O)[C@H]2NC(C)=O)O[C@H](CO)[C@H](O)[C@@H]1O. The van der Waals surface area contributed by atoms with Crippen molar-refractivity contribution in [3.63, 3.8) is 0 Å². The second-order valence-corrected chi connectivity index (χ2v) is 32.9. The van der Waals surface area contributed by atoms with Crippen LogP contribution in [0.25, 0.3) is 0 Å². The number of unbranched alkanes of at least 4 members (excludes halogenated alkanes) is 10. The van der Waals surface area contributed by atoms with Crippen molar-refractivity contribution in [1.82, 2.24) is 58.1 Å². The Hall–Kier alpha value is -6.55. The second kappa shape index (κ2) is 62.7. The maximum Gasteiger partial charge on any atom is 0.316 e. The van der Waals surface area contributed by atoms with Crippen LogP contribution in [0.15, 0.2) is 0 Å². The van der Waals surface area contributed by atoms with Gasteiger partial charge in [0.1, 0.15) is 91.4 Å². The van der Waals surface area contributed by atoms with Gasteiger partial charge in [0.25, 0.3) is 0 Å². The van der Waals surface area contributed by atoms with Gasteiger partial charge in [-0.25, -0.2) is 4.39 Å². The van der Waals surface area contributed by atoms with Crippen molar-refractivity contribution >= 4 is 73.2 Å². The summed E-state index contributed by atoms with van der Waals surface area (Å²) in [6, 6.07) is -3.85. The van der Waals surface area contributed by atoms with Gasteiger partial charge < -0.3 is 166 Å². The average Bonchev–Trinajstić information content (AvgIpc) is 1.72. The van der Waals surface area contributed by atoms with Gasteiger partial charge >= 0.3 is 8.25 Å². The summed E-state index contributed by atoms with van der Waals surface area (Å²) in [7, 11) is -3.20. The molecule has 5 aliphatic heterocycles. The fourth-order valence-corrected chi connectivity index (χ4v) is 15.1. The average molecular weight is 1850 g/mol. The molecule has 23 atom stereocenters. The number of carbonyl (C=O) groups excluding carboxylic acids is 11. The van der Waals surface area contributed by atoms with Crippen LogP contribution in [0.2, 0.25) is 0 Å². The normalized spacial score (nSPS) is 27.9. The molecule has 0 radical (unpaired) electrons. The van der Waals surface area contributed by atoms with Gasteiger partial charge in [0, 0.05) is 138 Å². The first kappa shape index (κ1) is 111. The van der Waals surface area contributed by atoms with E-state index in [0.717, 1.165) is 32.1 Å². The van der Waals surface area contributed by atoms with E-state index >= 15 is 4.39 Å². The molecule has 0 aromatic carbocycles. The van der Waals surface area contributed by atoms with E-state index in [4.69, 9.17) is 56.8 Å². The summed E-state index contributed by atoms with van der Waals surface area (Å²) in [4.78, 5) is 150. The monoisotopic (exact) mass is 1850 g/mol. The van der Waals surface area contributed by atoms with E-state index in [-0.39, 0.29) is 173 Å². The number of rotatable bonds is 64. The lowest BCUT2D eigenvalue weighted by Crippen LogP contribution is -2.64. The Morgan fingerprint density at radius 3 is 1.09 bits per heavy atom. The standard InChI is InChI=1S/C80H141FN11O34P/c1-48(96)88-66-72(111)69(108)53(43-93)124-78(66)119-35-15-12-21-57(100)82-29-18-32-85-60(103)26-38-116-47-56-75(117-39-27-61(104)86-33-19-30-83-58(101)22-13-16-36-120-79-67(89-49(2)97)73(112)70(109)54(44-94)125-79)76(65(81)77(123-56)91-63(106)24-10-8-6-4-5-7-9-11-25-64(107)92-42-52(99)41-51(92)46-122-127(114)115)118-40-28-62(105)87-34-20-31-84-59(102)23-14-17-37-121-80-68(90-50(3)98)74(113)71(110)55(45-95)126-80/h51-56,65-80,93-95,99,108-113,127H,4-47H2,1-3H3,(H,82,100)(H,83,101)(H,84,102)(H,85,103)(H,86,104)(H,87,105)(H,88,96)(H,89,97)(H,90,98)(H,91,106)(H,114,115)/t51-,52+,53+,54+,55+,56+,65+,66+,67+,68+,69-,70-,71-,72+,73+,74+,75+,76+,77+,78+,79+,80+/m0/s1. The van der Waals surface area contributed by atoms with Crippen molar-refractivity contribution in [1.29, 1.82) is 0 Å². The predicted molar refractivity (Wildman–Crippen MR) is 443 cm³/mol. The number of likely N-dealkylation sites (tertiary alicyclic amines) is 1. The molecule has 1 unspecified atom stereocenters. The van der Waals surface area contributed by atoms with Crippen LogP contribution < -0.4 is 53.2 Å². The molecular formula is C80H141FN11O34P. The molecule has 5 saturated heterocycles. The Morgan fingerprint density at radius 1 is 0.378 bits per heavy atom. The second-order valence-electron chi connectivity index (χ2n) is 32.0. The lowest BCUT2D eigenvalue weighted by Gasteiger charge is -2.43. The molecule has 47 heteroatoms. The van der Waals surface area contributed by atoms with E-state index < -0.39 is 211 Å². The zero-order chi connectivity index (χ0) is 93.2. The number of nitrogens with one attached hydrogen (secondary N) is 10. The van der Waals surface area contributed by atoms with Crippen molar-refractivity contribution in [2.75, 3.05) is 118 Å². The third kappa shape index (κ3) is 42.7. The number of hydrogen-bond acceptors (Lipinski definition) is 33. The molecule has 5 rings (SSSR count). The number of aliphatic hydroxyl groups excluding tert-OH is 10. The Morgan fingerprint density at radius 2 is 0.717 bits per heavy atom. The molecule has 5 heterocycles. The van der Waals surface area contributed by atoms with E-state index in [9.17, 15) is 108 Å². The number of β-amino-alcohol motifs (C(OH)–C–C–N with tert-alkyl or cyclic N) is 1. The van der Waals surface area contributed by atoms with Crippen LogP contribution in [0.5, 0.6) is 0 Å². The van der Waals surface area contributed by atoms with Crippen LogP contribution in [-0.4, -0.2) is 379 Å². The van der Waals surface area contributed by atoms with Crippen LogP contribution in [0.4, 0.5) is 4.39 Å². The van der Waals surface area contributed by atoms with Crippen molar-refractivity contribution < 1.29 is 170 Å². The number of nitrogens with zero attached hydrogens (tertiary/aromatic N) is 1. The lowest BCUT2D eigenvalue weighted by atomic mass is 9.97. The number of hydrogen-bond donors (Lipinski definition) is 21. The van der Waals surface area contributed by atoms with Crippen molar-refractivity contribution in [3.8, 4) is 0 Å². The van der Waals surface area contributed by atoms with E-state index in [1.54, 1.807) is 0 Å². The smallest absolute Gasteiger partial charge is 0.316 e. The minimum Gasteiger partial charge on any atom is -0.394 e. The minimum absolute atomic E-state index is 0.0247. The molecule has 5 fully saturated rings. The zero-order valence-corrected chi connectivity index (χ0v) is 73.9. The molecule has 5 aliphatic rings. The molecule has 0 saturated carbocycles. The fourth-order valence-electron chi connectivity index (χ4n) is 14.8. The van der Waals surface area contributed by atoms with Gasteiger partial charge in [-0.2, -0.15) is 0 Å². The Bertz CT molecular complexity index is 3290. The highest BCUT2D eigenvalue weighted by Crippen LogP contribution is 2.31. The summed E-state index contributed by atoms with van der Waals surface area (Å²) < 4.78 is 91.7. The zero-order valence-electron chi connectivity index (χ0n) is 72.9. The largest absolute Gasteiger partial charge is 0.394 e. The van der Waals surface area contributed by atoms with E-state index in [1.807, 2.05) is 0 Å². The number of amides is 11. The van der Waals surface area contributed by atoms with Crippen LogP contribution in [0, 0.1) is 0 Å². The highest BCUT2D eigenvalue weighted by atomic mass is 31.1. The highest BCUT2D eigenvalue weighted by Gasteiger charge is 2.51. The molecular weight excluding hydrogens is 1710 g/mol. The Labute approximate surface area is 739 Å². The molecule has 0 spiro atoms. The molecule has 732 valence electrons. The predicted octanol–water partition coefficient (Wildman–Crippen LogP) is -5.36. The van der Waals surface area contributed by atoms with E-state index in [2.05, 4.69) is 53.2 Å². The van der Waals surface area contributed by atoms with Crippen molar-refractivity contribution in [3.05, 3.63) is 0 Å². The Kier molecular flexibility index (Phi) is 54.8. The molecule has 11 amide bonds. The Balaban J connectivity index is 1.14. The topological polar surface area (TPSA) is 652 Å². The highest BCUT2D eigenvalue weighted by molar-refractivity contribution is 7.32. The number of aliphatic hydroxyl groups is 10. The number of alkyl halides is 1. The molecule has 127 heavy (non-hydrogen) atoms. The quantitative estimate of drug-likeness (QED) is 0.0200. The van der Waals surface area contributed by atoms with Gasteiger partial charge in [0.05, 0.1) is 65.0 Å². The molecule has 0 bridgehead atoms.